The first-order chi connectivity index (χ1) is 16.3. The molecule has 0 spiro atoms. The summed E-state index contributed by atoms with van der Waals surface area (Å²) in [5, 5.41) is 3.54. The molecule has 4 rings (SSSR count). The highest BCUT2D eigenvalue weighted by Crippen LogP contribution is 2.33. The zero-order valence-electron chi connectivity index (χ0n) is 19.2. The number of aryl methyl sites for hydroxylation is 1. The van der Waals surface area contributed by atoms with Crippen LogP contribution in [0.4, 0.5) is 22.9 Å². The molecule has 9 nitrogen and oxygen atoms in total. The summed E-state index contributed by atoms with van der Waals surface area (Å²) in [6.45, 7) is 5.90. The van der Waals surface area contributed by atoms with E-state index in [0.29, 0.717) is 28.6 Å². The molecule has 0 bridgehead atoms. The second-order valence-corrected chi connectivity index (χ2v) is 8.55. The molecule has 0 radical (unpaired) electrons. The molecule has 178 valence electrons. The number of piperazine rings is 1. The average Bonchev–Trinajstić information content (AvgIpc) is 2.82. The van der Waals surface area contributed by atoms with E-state index < -0.39 is 5.91 Å². The van der Waals surface area contributed by atoms with Gasteiger partial charge in [-0.05, 0) is 49.9 Å². The number of primary amides is 1. The van der Waals surface area contributed by atoms with Gasteiger partial charge in [-0.1, -0.05) is 18.5 Å². The zero-order chi connectivity index (χ0) is 24.2. The van der Waals surface area contributed by atoms with Crippen LogP contribution in [-0.2, 0) is 6.42 Å². The Balaban J connectivity index is 1.62. The molecule has 1 fully saturated rings. The molecule has 0 saturated carbocycles. The summed E-state index contributed by atoms with van der Waals surface area (Å²) in [5.74, 6) is 0.0795. The molecule has 0 atom stereocenters. The molecule has 0 aliphatic carbocycles. The zero-order valence-corrected chi connectivity index (χ0v) is 20.0. The second kappa shape index (κ2) is 10.1. The van der Waals surface area contributed by atoms with E-state index >= 15 is 0 Å². The van der Waals surface area contributed by atoms with Crippen LogP contribution in [0, 0.1) is 0 Å². The lowest BCUT2D eigenvalue weighted by Crippen LogP contribution is -2.44. The third kappa shape index (κ3) is 5.32. The molecule has 34 heavy (non-hydrogen) atoms. The van der Waals surface area contributed by atoms with Crippen LogP contribution in [0.5, 0.6) is 11.6 Å². The number of hydrogen-bond acceptors (Lipinski definition) is 8. The number of rotatable bonds is 7. The molecule has 1 aliphatic rings. The van der Waals surface area contributed by atoms with Crippen LogP contribution in [0.1, 0.15) is 23.1 Å². The van der Waals surface area contributed by atoms with E-state index in [4.69, 9.17) is 27.8 Å². The number of nitrogens with zero attached hydrogens (tertiary/aromatic N) is 4. The van der Waals surface area contributed by atoms with Crippen molar-refractivity contribution in [3.63, 3.8) is 0 Å². The molecule has 2 aromatic carbocycles. The number of halogens is 1. The van der Waals surface area contributed by atoms with Crippen molar-refractivity contribution in [3.05, 3.63) is 58.9 Å². The Morgan fingerprint density at radius 2 is 1.82 bits per heavy atom. The third-order valence-electron chi connectivity index (χ3n) is 5.66. The molecule has 1 amide bonds. The number of hydrogen-bond donors (Lipinski definition) is 3. The number of nitrogens with two attached hydrogens (primary N) is 2. The normalized spacial score (nSPS) is 14.1. The van der Waals surface area contributed by atoms with Crippen LogP contribution < -0.4 is 26.4 Å². The summed E-state index contributed by atoms with van der Waals surface area (Å²) in [6.07, 6.45) is 0.475. The minimum atomic E-state index is -0.688. The van der Waals surface area contributed by atoms with E-state index in [1.165, 1.54) is 0 Å². The lowest BCUT2D eigenvalue weighted by atomic mass is 10.2. The highest BCUT2D eigenvalue weighted by atomic mass is 35.5. The van der Waals surface area contributed by atoms with Crippen molar-refractivity contribution < 1.29 is 9.53 Å². The van der Waals surface area contributed by atoms with Gasteiger partial charge in [0, 0.05) is 49.3 Å². The van der Waals surface area contributed by atoms with Gasteiger partial charge >= 0.3 is 0 Å². The van der Waals surface area contributed by atoms with Crippen molar-refractivity contribution in [2.45, 2.75) is 13.3 Å². The maximum Gasteiger partial charge on any atom is 0.271 e. The van der Waals surface area contributed by atoms with Crippen LogP contribution in [0.25, 0.3) is 0 Å². The van der Waals surface area contributed by atoms with Crippen molar-refractivity contribution in [2.75, 3.05) is 49.2 Å². The third-order valence-corrected chi connectivity index (χ3v) is 5.97. The van der Waals surface area contributed by atoms with Crippen LogP contribution in [0.3, 0.4) is 0 Å². The molecule has 1 aromatic heterocycles. The molecule has 1 aliphatic heterocycles. The van der Waals surface area contributed by atoms with Gasteiger partial charge in [0.05, 0.1) is 5.02 Å². The number of anilines is 4. The quantitative estimate of drug-likeness (QED) is 0.437. The number of benzene rings is 2. The highest BCUT2D eigenvalue weighted by Gasteiger charge is 2.20. The molecule has 3 aromatic rings. The van der Waals surface area contributed by atoms with Gasteiger partial charge < -0.3 is 31.3 Å². The van der Waals surface area contributed by atoms with E-state index in [1.54, 1.807) is 18.2 Å². The van der Waals surface area contributed by atoms with Gasteiger partial charge in [-0.25, -0.2) is 4.98 Å². The van der Waals surface area contributed by atoms with Crippen molar-refractivity contribution in [3.8, 4) is 11.6 Å². The fourth-order valence-corrected chi connectivity index (χ4v) is 3.84. The van der Waals surface area contributed by atoms with E-state index in [1.807, 2.05) is 31.2 Å². The summed E-state index contributed by atoms with van der Waals surface area (Å²) in [5.41, 5.74) is 14.4. The largest absolute Gasteiger partial charge is 0.436 e. The van der Waals surface area contributed by atoms with Crippen LogP contribution in [-0.4, -0.2) is 54.0 Å². The van der Waals surface area contributed by atoms with Gasteiger partial charge in [-0.15, -0.1) is 0 Å². The average molecular weight is 482 g/mol. The van der Waals surface area contributed by atoms with E-state index in [-0.39, 0.29) is 17.4 Å². The van der Waals surface area contributed by atoms with Gasteiger partial charge in [0.15, 0.2) is 11.5 Å². The van der Waals surface area contributed by atoms with Crippen molar-refractivity contribution >= 4 is 40.4 Å². The Bertz CT molecular complexity index is 1180. The lowest BCUT2D eigenvalue weighted by molar-refractivity contribution is 0.0996. The van der Waals surface area contributed by atoms with Crippen LogP contribution >= 0.6 is 11.6 Å². The molecule has 0 unspecified atom stereocenters. The first-order valence-electron chi connectivity index (χ1n) is 11.1. The van der Waals surface area contributed by atoms with E-state index in [2.05, 4.69) is 32.1 Å². The number of amides is 1. The van der Waals surface area contributed by atoms with Crippen molar-refractivity contribution in [1.29, 1.82) is 0 Å². The van der Waals surface area contributed by atoms with Crippen molar-refractivity contribution in [1.82, 2.24) is 14.9 Å². The van der Waals surface area contributed by atoms with Gasteiger partial charge in [-0.3, -0.25) is 4.79 Å². The Morgan fingerprint density at radius 3 is 2.47 bits per heavy atom. The van der Waals surface area contributed by atoms with Crippen LogP contribution in [0.15, 0.2) is 42.5 Å². The summed E-state index contributed by atoms with van der Waals surface area (Å²) < 4.78 is 5.94. The monoisotopic (exact) mass is 481 g/mol. The molecule has 1 saturated heterocycles. The minimum absolute atomic E-state index is 0.0333. The smallest absolute Gasteiger partial charge is 0.271 e. The summed E-state index contributed by atoms with van der Waals surface area (Å²) in [4.78, 5) is 25.7. The number of carbonyl (C=O) groups excluding carboxylic acids is 1. The fourth-order valence-electron chi connectivity index (χ4n) is 3.68. The predicted octanol–water partition coefficient (Wildman–Crippen LogP) is 3.66. The Kier molecular flexibility index (Phi) is 7.04. The van der Waals surface area contributed by atoms with E-state index in [9.17, 15) is 4.79 Å². The summed E-state index contributed by atoms with van der Waals surface area (Å²) in [7, 11) is 2.13. The number of carbonyl (C=O) groups is 1. The number of likely N-dealkylation sites (N-methyl/N-ethyl adjacent to an activating group) is 1. The first kappa shape index (κ1) is 23.6. The second-order valence-electron chi connectivity index (χ2n) is 8.14. The highest BCUT2D eigenvalue weighted by molar-refractivity contribution is 6.32. The fraction of sp³-hybridized carbons (Fsp3) is 0.292. The SMILES string of the molecule is CCc1nc(C(N)=O)c(Nc2ccc(N3CCN(C)CC3)cc2)nc1Oc1cc(N)ccc1Cl. The maximum atomic E-state index is 12.1. The van der Waals surface area contributed by atoms with Crippen LogP contribution in [0.2, 0.25) is 5.02 Å². The minimum Gasteiger partial charge on any atom is -0.436 e. The number of nitrogens with one attached hydrogen (secondary N) is 1. The predicted molar refractivity (Wildman–Crippen MR) is 135 cm³/mol. The van der Waals surface area contributed by atoms with Gasteiger partial charge in [-0.2, -0.15) is 4.98 Å². The first-order valence-corrected chi connectivity index (χ1v) is 11.5. The summed E-state index contributed by atoms with van der Waals surface area (Å²) >= 11 is 6.25. The Hall–Kier alpha value is -3.56. The lowest BCUT2D eigenvalue weighted by Gasteiger charge is -2.34. The topological polar surface area (TPSA) is 123 Å². The van der Waals surface area contributed by atoms with Gasteiger partial charge in [0.1, 0.15) is 11.4 Å². The standard InChI is InChI=1S/C24H28ClN7O2/c1-3-19-24(34-20-14-15(26)4-9-18(20)25)30-23(21(29-19)22(27)33)28-16-5-7-17(8-6-16)32-12-10-31(2)11-13-32/h4-9,14H,3,10-13,26H2,1-2H3,(H2,27,33)(H,28,30). The van der Waals surface area contributed by atoms with Crippen molar-refractivity contribution in [2.24, 2.45) is 5.73 Å². The molecular formula is C24H28ClN7O2. The maximum absolute atomic E-state index is 12.1. The van der Waals surface area contributed by atoms with Gasteiger partial charge in [0.25, 0.3) is 5.91 Å². The van der Waals surface area contributed by atoms with Gasteiger partial charge in [0.2, 0.25) is 5.88 Å². The molecular weight excluding hydrogens is 454 g/mol. The Labute approximate surface area is 203 Å². The molecule has 10 heteroatoms. The number of ether oxygens (including phenoxy) is 1. The molecule has 2 heterocycles. The number of nitrogen functional groups attached to an aromatic ring is 1. The van der Waals surface area contributed by atoms with E-state index in [0.717, 1.165) is 37.6 Å². The number of aromatic nitrogens is 2. The Morgan fingerprint density at radius 1 is 1.12 bits per heavy atom. The summed E-state index contributed by atoms with van der Waals surface area (Å²) in [6, 6.07) is 12.9. The molecule has 5 N–H and O–H groups in total.